The Morgan fingerprint density at radius 1 is 0.500 bits per heavy atom. The van der Waals surface area contributed by atoms with Crippen LogP contribution in [0.25, 0.3) is 0 Å². The van der Waals surface area contributed by atoms with E-state index in [1.165, 1.54) is 0 Å². The fraction of sp³-hybridized carbons (Fsp3) is 0.571. The summed E-state index contributed by atoms with van der Waals surface area (Å²) >= 11 is 0. The van der Waals surface area contributed by atoms with Gasteiger partial charge in [0.05, 0.1) is 9.79 Å². The molecule has 0 unspecified atom stereocenters. The Kier molecular flexibility index (Phi) is 7.86. The minimum absolute atomic E-state index is 0.165. The van der Waals surface area contributed by atoms with Gasteiger partial charge in [-0.3, -0.25) is 0 Å². The van der Waals surface area contributed by atoms with Crippen LogP contribution in [0.1, 0.15) is 64.2 Å². The van der Waals surface area contributed by atoms with Gasteiger partial charge in [-0.2, -0.15) is 8.61 Å². The van der Waals surface area contributed by atoms with E-state index in [4.69, 9.17) is 0 Å². The summed E-state index contributed by atoms with van der Waals surface area (Å²) in [6.45, 7) is 0.376. The smallest absolute Gasteiger partial charge is 0.207 e. The van der Waals surface area contributed by atoms with E-state index in [2.05, 4.69) is 0 Å². The van der Waals surface area contributed by atoms with Crippen molar-refractivity contribution in [2.75, 3.05) is 13.1 Å². The maximum absolute atomic E-state index is 14.1. The monoisotopic (exact) mass is 530 g/mol. The minimum atomic E-state index is -3.75. The van der Waals surface area contributed by atoms with Gasteiger partial charge in [0.15, 0.2) is 0 Å². The molecule has 196 valence electrons. The molecule has 0 bridgehead atoms. The Morgan fingerprint density at radius 2 is 0.833 bits per heavy atom. The van der Waals surface area contributed by atoms with E-state index in [1.807, 2.05) is 12.1 Å². The van der Waals surface area contributed by atoms with Crippen LogP contribution >= 0.6 is 0 Å². The molecule has 36 heavy (non-hydrogen) atoms. The van der Waals surface area contributed by atoms with Crippen molar-refractivity contribution in [3.63, 3.8) is 0 Å². The summed E-state index contributed by atoms with van der Waals surface area (Å²) in [5, 5.41) is 0. The second kappa shape index (κ2) is 10.9. The molecule has 2 atom stereocenters. The Balaban J connectivity index is 1.62. The van der Waals surface area contributed by atoms with Gasteiger partial charge in [-0.1, -0.05) is 74.9 Å². The summed E-state index contributed by atoms with van der Waals surface area (Å²) in [4.78, 5) is 0.597. The van der Waals surface area contributed by atoms with Crippen molar-refractivity contribution in [3.8, 4) is 0 Å². The molecule has 0 amide bonds. The number of hydrogen-bond acceptors (Lipinski definition) is 4. The van der Waals surface area contributed by atoms with Crippen LogP contribution in [-0.2, 0) is 20.0 Å². The number of sulfonamides is 2. The molecule has 1 heterocycles. The predicted octanol–water partition coefficient (Wildman–Crippen LogP) is 5.28. The largest absolute Gasteiger partial charge is 0.243 e. The fourth-order valence-corrected chi connectivity index (χ4v) is 10.3. The molecule has 3 fully saturated rings. The van der Waals surface area contributed by atoms with Gasteiger partial charge in [-0.15, -0.1) is 0 Å². The van der Waals surface area contributed by atoms with E-state index in [1.54, 1.807) is 57.1 Å². The summed E-state index contributed by atoms with van der Waals surface area (Å²) in [6.07, 6.45) is 10.4. The van der Waals surface area contributed by atoms with E-state index in [-0.39, 0.29) is 37.0 Å². The van der Waals surface area contributed by atoms with E-state index in [9.17, 15) is 16.8 Å². The third kappa shape index (κ3) is 5.02. The molecular formula is C28H38N2O4S2. The van der Waals surface area contributed by atoms with Gasteiger partial charge in [0, 0.05) is 25.2 Å². The van der Waals surface area contributed by atoms with Crippen LogP contribution in [0.2, 0.25) is 0 Å². The number of hydrogen-bond donors (Lipinski definition) is 0. The highest BCUT2D eigenvalue weighted by Crippen LogP contribution is 2.43. The van der Waals surface area contributed by atoms with Gasteiger partial charge in [0.25, 0.3) is 0 Å². The SMILES string of the molecule is O=S(=O)(c1ccccc1)N1CCN(S(=O)(=O)c2ccccc2)[C@@H](C2CCCCC2)[C@H]1C1CCCCC1. The summed E-state index contributed by atoms with van der Waals surface area (Å²) in [5.74, 6) is 0.330. The first-order valence-electron chi connectivity index (χ1n) is 13.5. The minimum Gasteiger partial charge on any atom is -0.207 e. The number of piperazine rings is 1. The predicted molar refractivity (Wildman–Crippen MR) is 141 cm³/mol. The Hall–Kier alpha value is -1.74. The molecule has 1 saturated heterocycles. The molecule has 2 saturated carbocycles. The lowest BCUT2D eigenvalue weighted by Gasteiger charge is -2.52. The molecule has 8 heteroatoms. The fourth-order valence-electron chi connectivity index (χ4n) is 6.83. The van der Waals surface area contributed by atoms with Crippen molar-refractivity contribution < 1.29 is 16.8 Å². The molecule has 0 aromatic heterocycles. The molecule has 5 rings (SSSR count). The molecule has 3 aliphatic rings. The van der Waals surface area contributed by atoms with E-state index in [0.29, 0.717) is 9.79 Å². The van der Waals surface area contributed by atoms with Crippen molar-refractivity contribution in [1.82, 2.24) is 8.61 Å². The summed E-state index contributed by atoms with van der Waals surface area (Å²) in [7, 11) is -7.51. The number of rotatable bonds is 6. The van der Waals surface area contributed by atoms with Crippen molar-refractivity contribution in [1.29, 1.82) is 0 Å². The Morgan fingerprint density at radius 3 is 1.17 bits per heavy atom. The van der Waals surface area contributed by atoms with Gasteiger partial charge in [0.2, 0.25) is 20.0 Å². The van der Waals surface area contributed by atoms with E-state index in [0.717, 1.165) is 64.2 Å². The molecular weight excluding hydrogens is 492 g/mol. The van der Waals surface area contributed by atoms with Gasteiger partial charge in [-0.25, -0.2) is 16.8 Å². The first-order valence-corrected chi connectivity index (χ1v) is 16.4. The lowest BCUT2D eigenvalue weighted by Crippen LogP contribution is -2.66. The topological polar surface area (TPSA) is 74.8 Å². The van der Waals surface area contributed by atoms with Crippen LogP contribution in [0.3, 0.4) is 0 Å². The van der Waals surface area contributed by atoms with Crippen LogP contribution in [0.5, 0.6) is 0 Å². The van der Waals surface area contributed by atoms with Crippen LogP contribution in [0.4, 0.5) is 0 Å². The first-order chi connectivity index (χ1) is 17.4. The third-order valence-electron chi connectivity index (χ3n) is 8.52. The van der Waals surface area contributed by atoms with Gasteiger partial charge >= 0.3 is 0 Å². The molecule has 2 aromatic carbocycles. The second-order valence-corrected chi connectivity index (χ2v) is 14.4. The average molecular weight is 531 g/mol. The Labute approximate surface area is 216 Å². The molecule has 0 radical (unpaired) electrons. The highest BCUT2D eigenvalue weighted by atomic mass is 32.2. The molecule has 6 nitrogen and oxygen atoms in total. The average Bonchev–Trinajstić information content (AvgIpc) is 2.94. The summed E-state index contributed by atoms with van der Waals surface area (Å²) in [5.41, 5.74) is 0. The van der Waals surface area contributed by atoms with Crippen LogP contribution in [0.15, 0.2) is 70.5 Å². The van der Waals surface area contributed by atoms with Gasteiger partial charge < -0.3 is 0 Å². The number of nitrogens with zero attached hydrogens (tertiary/aromatic N) is 2. The highest BCUT2D eigenvalue weighted by Gasteiger charge is 2.52. The maximum atomic E-state index is 14.1. The van der Waals surface area contributed by atoms with Crippen LogP contribution in [0, 0.1) is 11.8 Å². The third-order valence-corrected chi connectivity index (χ3v) is 12.3. The lowest BCUT2D eigenvalue weighted by atomic mass is 9.73. The molecule has 0 N–H and O–H groups in total. The van der Waals surface area contributed by atoms with Crippen molar-refractivity contribution >= 4 is 20.0 Å². The lowest BCUT2D eigenvalue weighted by molar-refractivity contribution is 0.0307. The highest BCUT2D eigenvalue weighted by molar-refractivity contribution is 7.89. The maximum Gasteiger partial charge on any atom is 0.243 e. The second-order valence-electron chi connectivity index (χ2n) is 10.6. The zero-order valence-electron chi connectivity index (χ0n) is 20.9. The van der Waals surface area contributed by atoms with E-state index >= 15 is 0 Å². The van der Waals surface area contributed by atoms with Gasteiger partial charge in [0.1, 0.15) is 0 Å². The quantitative estimate of drug-likeness (QED) is 0.509. The number of benzene rings is 2. The van der Waals surface area contributed by atoms with Crippen LogP contribution in [-0.4, -0.2) is 50.6 Å². The van der Waals surface area contributed by atoms with Gasteiger partial charge in [-0.05, 0) is 61.8 Å². The molecule has 1 aliphatic heterocycles. The van der Waals surface area contributed by atoms with Crippen molar-refractivity contribution in [2.24, 2.45) is 11.8 Å². The molecule has 2 aromatic rings. The zero-order valence-corrected chi connectivity index (χ0v) is 22.5. The molecule has 2 aliphatic carbocycles. The standard InChI is InChI=1S/C28H38N2O4S2/c31-35(32,25-17-9-3-10-18-25)29-21-22-30(36(33,34)26-19-11-4-12-20-26)28(24-15-7-2-8-16-24)27(29)23-13-5-1-6-14-23/h3-4,9-12,17-20,23-24,27-28H,1-2,5-8,13-16,21-22H2/t27-,28+. The van der Waals surface area contributed by atoms with Crippen LogP contribution < -0.4 is 0 Å². The zero-order chi connectivity index (χ0) is 25.2. The first kappa shape index (κ1) is 25.9. The summed E-state index contributed by atoms with van der Waals surface area (Å²) in [6, 6.07) is 16.7. The van der Waals surface area contributed by atoms with Crippen molar-refractivity contribution in [3.05, 3.63) is 60.7 Å². The Bertz CT molecular complexity index is 1110. The van der Waals surface area contributed by atoms with Crippen molar-refractivity contribution in [2.45, 2.75) is 86.1 Å². The summed E-state index contributed by atoms with van der Waals surface area (Å²) < 4.78 is 59.6. The van der Waals surface area contributed by atoms with E-state index < -0.39 is 20.0 Å². The molecule has 0 spiro atoms. The normalized spacial score (nSPS) is 26.1.